The van der Waals surface area contributed by atoms with Crippen LogP contribution in [-0.2, 0) is 38.0 Å². The van der Waals surface area contributed by atoms with Crippen molar-refractivity contribution in [2.75, 3.05) is 26.4 Å². The topological polar surface area (TPSA) is 231 Å². The van der Waals surface area contributed by atoms with Crippen molar-refractivity contribution in [1.82, 2.24) is 0 Å². The molecule has 2 heterocycles. The SMILES string of the molecule is CCCCCCCCCCC/C=C/CCCCC(=O)OC[C@H](CO[C@H]1O[C@@H](CO[C@H]2O[C@@H](CO)[C@@H](O)C(O)C2O)[C@@H](O)C(O)C1O)OC(=O)CCCCCCCCCCCCCCCCCCCCC. The van der Waals surface area contributed by atoms with Crippen molar-refractivity contribution in [2.45, 2.75) is 300 Å². The highest BCUT2D eigenvalue weighted by atomic mass is 16.7. The van der Waals surface area contributed by atoms with Gasteiger partial charge in [0.25, 0.3) is 0 Å². The van der Waals surface area contributed by atoms with Crippen LogP contribution < -0.4 is 0 Å². The lowest BCUT2D eigenvalue weighted by molar-refractivity contribution is -0.332. The molecular formula is C55H102O15. The molecule has 2 saturated heterocycles. The molecule has 0 aromatic rings. The molecule has 7 N–H and O–H groups in total. The number of allylic oxidation sites excluding steroid dienone is 2. The lowest BCUT2D eigenvalue weighted by Crippen LogP contribution is -2.61. The Hall–Kier alpha value is -1.76. The normalized spacial score (nSPS) is 25.4. The van der Waals surface area contributed by atoms with Gasteiger partial charge >= 0.3 is 11.9 Å². The Morgan fingerprint density at radius 2 is 0.814 bits per heavy atom. The van der Waals surface area contributed by atoms with E-state index in [0.29, 0.717) is 12.8 Å². The average molecular weight is 1000 g/mol. The van der Waals surface area contributed by atoms with Crippen LogP contribution >= 0.6 is 0 Å². The molecule has 412 valence electrons. The largest absolute Gasteiger partial charge is 0.462 e. The molecule has 70 heavy (non-hydrogen) atoms. The maximum Gasteiger partial charge on any atom is 0.306 e. The number of esters is 2. The van der Waals surface area contributed by atoms with Crippen LogP contribution in [0.15, 0.2) is 12.2 Å². The molecule has 0 spiro atoms. The molecule has 15 nitrogen and oxygen atoms in total. The fourth-order valence-corrected chi connectivity index (χ4v) is 9.10. The van der Waals surface area contributed by atoms with E-state index in [-0.39, 0.29) is 26.1 Å². The zero-order chi connectivity index (χ0) is 51.0. The molecule has 0 amide bonds. The summed E-state index contributed by atoms with van der Waals surface area (Å²) in [5, 5.41) is 72.2. The van der Waals surface area contributed by atoms with E-state index in [0.717, 1.165) is 38.5 Å². The summed E-state index contributed by atoms with van der Waals surface area (Å²) < 4.78 is 33.6. The van der Waals surface area contributed by atoms with E-state index >= 15 is 0 Å². The number of ether oxygens (including phenoxy) is 6. The Morgan fingerprint density at radius 1 is 0.443 bits per heavy atom. The minimum absolute atomic E-state index is 0.167. The van der Waals surface area contributed by atoms with Gasteiger partial charge in [-0.3, -0.25) is 9.59 Å². The summed E-state index contributed by atoms with van der Waals surface area (Å²) in [4.78, 5) is 25.8. The molecule has 2 aliphatic rings. The van der Waals surface area contributed by atoms with Gasteiger partial charge < -0.3 is 64.2 Å². The number of rotatable bonds is 45. The standard InChI is InChI=1S/C55H102O15/c1-3-5-7-9-11-13-15-17-19-20-21-22-24-26-28-30-32-34-36-38-47(58)68-43(40-65-46(57)37-35-33-31-29-27-25-23-18-16-14-12-10-8-6-4-2)41-66-54-53(64)51(62)49(60)45(70-54)42-67-55-52(63)50(61)48(59)44(39-56)69-55/h27,29,43-45,48-56,59-64H,3-26,28,30-42H2,1-2H3/b29-27+/t43-,44+,45+,48-,49-,50?,51?,52?,53?,54+,55+/m1/s1. The highest BCUT2D eigenvalue weighted by Gasteiger charge is 2.47. The molecule has 0 aromatic carbocycles. The monoisotopic (exact) mass is 1000 g/mol. The van der Waals surface area contributed by atoms with E-state index in [1.54, 1.807) is 0 Å². The van der Waals surface area contributed by atoms with Crippen molar-refractivity contribution < 1.29 is 73.8 Å². The molecule has 0 saturated carbocycles. The fourth-order valence-electron chi connectivity index (χ4n) is 9.10. The van der Waals surface area contributed by atoms with E-state index in [2.05, 4.69) is 26.0 Å². The zero-order valence-corrected chi connectivity index (χ0v) is 43.8. The van der Waals surface area contributed by atoms with Crippen molar-refractivity contribution in [1.29, 1.82) is 0 Å². The Morgan fingerprint density at radius 3 is 1.29 bits per heavy atom. The predicted octanol–water partition coefficient (Wildman–Crippen LogP) is 8.94. The van der Waals surface area contributed by atoms with Crippen LogP contribution in [0.5, 0.6) is 0 Å². The highest BCUT2D eigenvalue weighted by molar-refractivity contribution is 5.70. The van der Waals surface area contributed by atoms with Crippen LogP contribution in [0.25, 0.3) is 0 Å². The number of hydrogen-bond acceptors (Lipinski definition) is 15. The first kappa shape index (κ1) is 64.4. The maximum absolute atomic E-state index is 13.0. The first-order chi connectivity index (χ1) is 34.0. The molecular weight excluding hydrogens is 901 g/mol. The summed E-state index contributed by atoms with van der Waals surface area (Å²) in [6.07, 6.45) is 26.7. The lowest BCUT2D eigenvalue weighted by Gasteiger charge is -2.42. The van der Waals surface area contributed by atoms with Gasteiger partial charge in [0.2, 0.25) is 0 Å². The van der Waals surface area contributed by atoms with Gasteiger partial charge in [-0.2, -0.15) is 0 Å². The lowest BCUT2D eigenvalue weighted by atomic mass is 9.98. The second kappa shape index (κ2) is 42.6. The van der Waals surface area contributed by atoms with Crippen molar-refractivity contribution in [2.24, 2.45) is 0 Å². The Kier molecular flexibility index (Phi) is 39.1. The molecule has 15 heteroatoms. The van der Waals surface area contributed by atoms with Crippen molar-refractivity contribution in [3.05, 3.63) is 12.2 Å². The number of unbranched alkanes of at least 4 members (excludes halogenated alkanes) is 29. The van der Waals surface area contributed by atoms with Gasteiger partial charge in [0.15, 0.2) is 18.7 Å². The van der Waals surface area contributed by atoms with Crippen LogP contribution in [0, 0.1) is 0 Å². The number of aliphatic hydroxyl groups is 7. The summed E-state index contributed by atoms with van der Waals surface area (Å²) in [5.41, 5.74) is 0. The van der Waals surface area contributed by atoms with Crippen LogP contribution in [-0.4, -0.2) is 142 Å². The second-order valence-corrected chi connectivity index (χ2v) is 20.1. The van der Waals surface area contributed by atoms with E-state index in [1.807, 2.05) is 0 Å². The minimum Gasteiger partial charge on any atom is -0.462 e. The van der Waals surface area contributed by atoms with Gasteiger partial charge in [0.05, 0.1) is 19.8 Å². The smallest absolute Gasteiger partial charge is 0.306 e. The van der Waals surface area contributed by atoms with Crippen LogP contribution in [0.1, 0.15) is 232 Å². The molecule has 0 bridgehead atoms. The second-order valence-electron chi connectivity index (χ2n) is 20.1. The van der Waals surface area contributed by atoms with Gasteiger partial charge in [-0.05, 0) is 38.5 Å². The average Bonchev–Trinajstić information content (AvgIpc) is 3.35. The molecule has 0 radical (unpaired) electrons. The Balaban J connectivity index is 1.77. The van der Waals surface area contributed by atoms with E-state index in [4.69, 9.17) is 28.4 Å². The first-order valence-electron chi connectivity index (χ1n) is 28.3. The molecule has 11 atom stereocenters. The molecule has 2 aliphatic heterocycles. The third-order valence-electron chi connectivity index (χ3n) is 13.7. The number of carbonyl (C=O) groups is 2. The van der Waals surface area contributed by atoms with Crippen LogP contribution in [0.2, 0.25) is 0 Å². The maximum atomic E-state index is 13.0. The molecule has 4 unspecified atom stereocenters. The third-order valence-corrected chi connectivity index (χ3v) is 13.7. The highest BCUT2D eigenvalue weighted by Crippen LogP contribution is 2.27. The number of hydrogen-bond donors (Lipinski definition) is 7. The number of aliphatic hydroxyl groups excluding tert-OH is 7. The number of carbonyl (C=O) groups excluding carboxylic acids is 2. The quantitative estimate of drug-likeness (QED) is 0.0172. The summed E-state index contributed by atoms with van der Waals surface area (Å²) in [6, 6.07) is 0. The van der Waals surface area contributed by atoms with E-state index in [1.165, 1.54) is 154 Å². The van der Waals surface area contributed by atoms with Crippen molar-refractivity contribution >= 4 is 11.9 Å². The summed E-state index contributed by atoms with van der Waals surface area (Å²) in [6.45, 7) is 2.61. The van der Waals surface area contributed by atoms with E-state index in [9.17, 15) is 45.3 Å². The predicted molar refractivity (Wildman–Crippen MR) is 271 cm³/mol. The Bertz CT molecular complexity index is 1270. The summed E-state index contributed by atoms with van der Waals surface area (Å²) in [7, 11) is 0. The molecule has 2 rings (SSSR count). The van der Waals surface area contributed by atoms with E-state index < -0.39 is 92.7 Å². The van der Waals surface area contributed by atoms with Gasteiger partial charge in [-0.1, -0.05) is 193 Å². The summed E-state index contributed by atoms with van der Waals surface area (Å²) in [5.74, 6) is -0.936. The zero-order valence-electron chi connectivity index (χ0n) is 43.8. The molecule has 2 fully saturated rings. The molecule has 0 aromatic heterocycles. The minimum atomic E-state index is -1.76. The van der Waals surface area contributed by atoms with Gasteiger partial charge in [0, 0.05) is 12.8 Å². The van der Waals surface area contributed by atoms with Gasteiger partial charge in [-0.15, -0.1) is 0 Å². The van der Waals surface area contributed by atoms with Crippen LogP contribution in [0.4, 0.5) is 0 Å². The molecule has 0 aliphatic carbocycles. The van der Waals surface area contributed by atoms with Crippen molar-refractivity contribution in [3.8, 4) is 0 Å². The third kappa shape index (κ3) is 29.8. The summed E-state index contributed by atoms with van der Waals surface area (Å²) >= 11 is 0. The Labute approximate surface area is 422 Å². The van der Waals surface area contributed by atoms with Gasteiger partial charge in [-0.25, -0.2) is 0 Å². The van der Waals surface area contributed by atoms with Crippen molar-refractivity contribution in [3.63, 3.8) is 0 Å². The van der Waals surface area contributed by atoms with Crippen LogP contribution in [0.3, 0.4) is 0 Å². The first-order valence-corrected chi connectivity index (χ1v) is 28.3. The van der Waals surface area contributed by atoms with Gasteiger partial charge in [0.1, 0.15) is 55.4 Å². The fraction of sp³-hybridized carbons (Fsp3) is 0.927.